The summed E-state index contributed by atoms with van der Waals surface area (Å²) in [4.78, 5) is 0. The highest BCUT2D eigenvalue weighted by atomic mass is 16.8. The van der Waals surface area contributed by atoms with Crippen LogP contribution in [0.1, 0.15) is 0 Å². The molecule has 7 heteroatoms. The predicted molar refractivity (Wildman–Crippen MR) is 80.4 cm³/mol. The summed E-state index contributed by atoms with van der Waals surface area (Å²) in [5.74, 6) is 0.381. The zero-order chi connectivity index (χ0) is 15.1. The molecule has 0 fully saturated rings. The molecule has 2 aromatic rings. The van der Waals surface area contributed by atoms with Gasteiger partial charge in [0, 0.05) is 14.1 Å². The van der Waals surface area contributed by atoms with Crippen molar-refractivity contribution in [3.05, 3.63) is 54.6 Å². The molecule has 0 aliphatic rings. The molecule has 0 bridgehead atoms. The van der Waals surface area contributed by atoms with Crippen LogP contribution < -0.4 is 4.65 Å². The lowest BCUT2D eigenvalue weighted by Gasteiger charge is -2.14. The molecule has 2 aromatic carbocycles. The van der Waals surface area contributed by atoms with Crippen molar-refractivity contribution in [2.45, 2.75) is 0 Å². The first-order valence-corrected chi connectivity index (χ1v) is 6.40. The third kappa shape index (κ3) is 5.00. The molecular weight excluding hydrogens is 269 g/mol. The number of rotatable bonds is 6. The zero-order valence-corrected chi connectivity index (χ0v) is 11.9. The van der Waals surface area contributed by atoms with Crippen LogP contribution in [0.15, 0.2) is 64.8 Å². The van der Waals surface area contributed by atoms with Gasteiger partial charge in [-0.25, -0.2) is 5.06 Å². The summed E-state index contributed by atoms with van der Waals surface area (Å²) in [5, 5.41) is 19.2. The Hall–Kier alpha value is -2.22. The maximum atomic E-state index is 9.62. The van der Waals surface area contributed by atoms with E-state index in [1.54, 1.807) is 32.3 Å². The SMILES string of the molecule is CN(C)OB(O)Oc1ccccc1N=Nc1ccccc1. The Morgan fingerprint density at radius 2 is 1.62 bits per heavy atom. The highest BCUT2D eigenvalue weighted by molar-refractivity contribution is 6.35. The number of benzene rings is 2. The lowest BCUT2D eigenvalue weighted by molar-refractivity contribution is -0.0457. The topological polar surface area (TPSA) is 66.7 Å². The summed E-state index contributed by atoms with van der Waals surface area (Å²) in [6, 6.07) is 16.4. The number of para-hydroxylation sites is 1. The van der Waals surface area contributed by atoms with Crippen LogP contribution in [0.25, 0.3) is 0 Å². The molecule has 1 N–H and O–H groups in total. The van der Waals surface area contributed by atoms with E-state index in [0.717, 1.165) is 5.69 Å². The molecule has 0 aliphatic heterocycles. The molecule has 0 aliphatic carbocycles. The minimum absolute atomic E-state index is 0.381. The van der Waals surface area contributed by atoms with Crippen LogP contribution in [0, 0.1) is 0 Å². The Balaban J connectivity index is 2.11. The largest absolute Gasteiger partial charge is 0.728 e. The normalized spacial score (nSPS) is 11.0. The molecule has 0 atom stereocenters. The number of nitrogens with zero attached hydrogens (tertiary/aromatic N) is 3. The van der Waals surface area contributed by atoms with E-state index in [4.69, 9.17) is 9.41 Å². The second kappa shape index (κ2) is 7.54. The molecule has 108 valence electrons. The first-order valence-electron chi connectivity index (χ1n) is 6.40. The first-order chi connectivity index (χ1) is 10.1. The van der Waals surface area contributed by atoms with Gasteiger partial charge < -0.3 is 9.68 Å². The van der Waals surface area contributed by atoms with Crippen molar-refractivity contribution in [3.63, 3.8) is 0 Å². The van der Waals surface area contributed by atoms with Gasteiger partial charge in [-0.3, -0.25) is 4.76 Å². The molecule has 0 heterocycles. The van der Waals surface area contributed by atoms with Gasteiger partial charge in [-0.2, -0.15) is 5.11 Å². The van der Waals surface area contributed by atoms with Crippen molar-refractivity contribution < 1.29 is 14.4 Å². The molecule has 0 spiro atoms. The van der Waals surface area contributed by atoms with Crippen molar-refractivity contribution in [3.8, 4) is 5.75 Å². The molecule has 0 radical (unpaired) electrons. The number of hydroxylamine groups is 2. The molecule has 0 unspecified atom stereocenters. The van der Waals surface area contributed by atoms with Gasteiger partial charge in [-0.15, -0.1) is 5.11 Å². The average Bonchev–Trinajstić information content (AvgIpc) is 2.46. The van der Waals surface area contributed by atoms with E-state index < -0.39 is 7.32 Å². The van der Waals surface area contributed by atoms with E-state index in [-0.39, 0.29) is 0 Å². The lowest BCUT2D eigenvalue weighted by Crippen LogP contribution is -2.32. The van der Waals surface area contributed by atoms with Gasteiger partial charge in [-0.1, -0.05) is 30.3 Å². The Kier molecular flexibility index (Phi) is 5.45. The standard InChI is InChI=1S/C14H16BN3O3/c1-18(2)21-15(19)20-14-11-7-6-10-13(14)17-16-12-8-4-3-5-9-12/h3-11,19H,1-2H3. The first kappa shape index (κ1) is 15.2. The third-order valence-corrected chi connectivity index (χ3v) is 2.42. The molecule has 2 rings (SSSR count). The quantitative estimate of drug-likeness (QED) is 0.503. The summed E-state index contributed by atoms with van der Waals surface area (Å²) in [5.41, 5.74) is 1.24. The molecule has 0 saturated heterocycles. The Labute approximate surface area is 123 Å². The van der Waals surface area contributed by atoms with Crippen LogP contribution in [0.4, 0.5) is 11.4 Å². The summed E-state index contributed by atoms with van der Waals surface area (Å²) in [6.07, 6.45) is 0. The van der Waals surface area contributed by atoms with Gasteiger partial charge in [0.1, 0.15) is 11.4 Å². The number of hydrogen-bond donors (Lipinski definition) is 1. The summed E-state index contributed by atoms with van der Waals surface area (Å²) in [6.45, 7) is 0. The monoisotopic (exact) mass is 285 g/mol. The highest BCUT2D eigenvalue weighted by Crippen LogP contribution is 2.29. The molecule has 6 nitrogen and oxygen atoms in total. The Morgan fingerprint density at radius 1 is 0.952 bits per heavy atom. The zero-order valence-electron chi connectivity index (χ0n) is 11.9. The van der Waals surface area contributed by atoms with Crippen LogP contribution in [0.2, 0.25) is 0 Å². The lowest BCUT2D eigenvalue weighted by atomic mass is 10.2. The van der Waals surface area contributed by atoms with Crippen LogP contribution in [0.5, 0.6) is 5.75 Å². The second-order valence-corrected chi connectivity index (χ2v) is 4.35. The predicted octanol–water partition coefficient (Wildman–Crippen LogP) is 2.95. The Morgan fingerprint density at radius 3 is 2.33 bits per heavy atom. The van der Waals surface area contributed by atoms with E-state index in [9.17, 15) is 5.02 Å². The molecule has 0 amide bonds. The molecule has 21 heavy (non-hydrogen) atoms. The highest BCUT2D eigenvalue weighted by Gasteiger charge is 2.21. The van der Waals surface area contributed by atoms with E-state index in [1.165, 1.54) is 5.06 Å². The maximum absolute atomic E-state index is 9.62. The van der Waals surface area contributed by atoms with E-state index >= 15 is 0 Å². The maximum Gasteiger partial charge on any atom is 0.728 e. The van der Waals surface area contributed by atoms with Crippen LogP contribution in [-0.4, -0.2) is 31.5 Å². The molecule has 0 saturated carbocycles. The van der Waals surface area contributed by atoms with E-state index in [1.807, 2.05) is 36.4 Å². The number of hydrogen-bond acceptors (Lipinski definition) is 6. The molecular formula is C14H16BN3O3. The van der Waals surface area contributed by atoms with Gasteiger partial charge >= 0.3 is 7.32 Å². The van der Waals surface area contributed by atoms with Crippen molar-refractivity contribution in [1.82, 2.24) is 5.06 Å². The fraction of sp³-hybridized carbons (Fsp3) is 0.143. The minimum atomic E-state index is -1.41. The van der Waals surface area contributed by atoms with Crippen molar-refractivity contribution in [2.75, 3.05) is 14.1 Å². The fourth-order valence-corrected chi connectivity index (χ4v) is 1.56. The number of azo groups is 1. The van der Waals surface area contributed by atoms with E-state index in [0.29, 0.717) is 11.4 Å². The molecule has 0 aromatic heterocycles. The average molecular weight is 285 g/mol. The van der Waals surface area contributed by atoms with Crippen molar-refractivity contribution in [2.24, 2.45) is 10.2 Å². The van der Waals surface area contributed by atoms with E-state index in [2.05, 4.69) is 10.2 Å². The second-order valence-electron chi connectivity index (χ2n) is 4.35. The van der Waals surface area contributed by atoms with Gasteiger partial charge in [0.25, 0.3) is 0 Å². The van der Waals surface area contributed by atoms with Crippen molar-refractivity contribution in [1.29, 1.82) is 0 Å². The third-order valence-electron chi connectivity index (χ3n) is 2.42. The fourth-order valence-electron chi connectivity index (χ4n) is 1.56. The summed E-state index contributed by atoms with van der Waals surface area (Å²) < 4.78 is 10.2. The van der Waals surface area contributed by atoms with Gasteiger partial charge in [0.15, 0.2) is 0 Å². The van der Waals surface area contributed by atoms with Crippen molar-refractivity contribution >= 4 is 18.7 Å². The van der Waals surface area contributed by atoms with Crippen LogP contribution >= 0.6 is 0 Å². The minimum Gasteiger partial charge on any atom is -0.509 e. The van der Waals surface area contributed by atoms with Crippen LogP contribution in [-0.2, 0) is 4.76 Å². The van der Waals surface area contributed by atoms with Gasteiger partial charge in [0.05, 0.1) is 5.69 Å². The van der Waals surface area contributed by atoms with Crippen LogP contribution in [0.3, 0.4) is 0 Å². The van der Waals surface area contributed by atoms with Gasteiger partial charge in [-0.05, 0) is 24.3 Å². The summed E-state index contributed by atoms with van der Waals surface area (Å²) in [7, 11) is 1.88. The smallest absolute Gasteiger partial charge is 0.509 e. The summed E-state index contributed by atoms with van der Waals surface area (Å²) >= 11 is 0. The van der Waals surface area contributed by atoms with Gasteiger partial charge in [0.2, 0.25) is 0 Å². The Bertz CT molecular complexity index is 593.